The van der Waals surface area contributed by atoms with Gasteiger partial charge in [0.25, 0.3) is 5.91 Å². The van der Waals surface area contributed by atoms with Crippen molar-refractivity contribution in [1.82, 2.24) is 5.32 Å². The lowest BCUT2D eigenvalue weighted by Crippen LogP contribution is -2.31. The van der Waals surface area contributed by atoms with Gasteiger partial charge in [-0.3, -0.25) is 4.79 Å². The SMILES string of the molecule is CCC1(CNC(=O)c2cccc3c2CCCN3)CC1.Cl. The zero-order valence-corrected chi connectivity index (χ0v) is 12.8. The monoisotopic (exact) mass is 294 g/mol. The molecule has 4 heteroatoms. The van der Waals surface area contributed by atoms with Crippen LogP contribution in [0.3, 0.4) is 0 Å². The van der Waals surface area contributed by atoms with E-state index in [2.05, 4.69) is 23.6 Å². The highest BCUT2D eigenvalue weighted by molar-refractivity contribution is 5.97. The van der Waals surface area contributed by atoms with Crippen LogP contribution in [0.15, 0.2) is 18.2 Å². The van der Waals surface area contributed by atoms with Crippen molar-refractivity contribution >= 4 is 24.0 Å². The Morgan fingerprint density at radius 3 is 2.90 bits per heavy atom. The van der Waals surface area contributed by atoms with Gasteiger partial charge in [-0.1, -0.05) is 13.0 Å². The van der Waals surface area contributed by atoms with Gasteiger partial charge in [0, 0.05) is 24.3 Å². The summed E-state index contributed by atoms with van der Waals surface area (Å²) < 4.78 is 0. The summed E-state index contributed by atoms with van der Waals surface area (Å²) in [6.45, 7) is 4.06. The lowest BCUT2D eigenvalue weighted by molar-refractivity contribution is 0.0943. The summed E-state index contributed by atoms with van der Waals surface area (Å²) in [7, 11) is 0. The number of nitrogens with one attached hydrogen (secondary N) is 2. The molecule has 0 unspecified atom stereocenters. The standard InChI is InChI=1S/C16H22N2O.ClH/c1-2-16(8-9-16)11-18-15(19)13-5-3-7-14-12(13)6-4-10-17-14;/h3,5,7,17H,2,4,6,8-11H2,1H3,(H,18,19);1H. The lowest BCUT2D eigenvalue weighted by Gasteiger charge is -2.21. The van der Waals surface area contributed by atoms with Crippen molar-refractivity contribution in [2.75, 3.05) is 18.4 Å². The second kappa shape index (κ2) is 6.04. The van der Waals surface area contributed by atoms with E-state index in [-0.39, 0.29) is 18.3 Å². The summed E-state index contributed by atoms with van der Waals surface area (Å²) >= 11 is 0. The first-order valence-corrected chi connectivity index (χ1v) is 7.38. The molecule has 1 aliphatic carbocycles. The molecule has 2 aliphatic rings. The predicted molar refractivity (Wildman–Crippen MR) is 84.8 cm³/mol. The van der Waals surface area contributed by atoms with E-state index in [0.29, 0.717) is 5.41 Å². The Bertz CT molecular complexity index is 497. The van der Waals surface area contributed by atoms with Crippen LogP contribution >= 0.6 is 12.4 Å². The van der Waals surface area contributed by atoms with E-state index in [1.54, 1.807) is 0 Å². The second-order valence-electron chi connectivity index (χ2n) is 5.90. The van der Waals surface area contributed by atoms with E-state index in [9.17, 15) is 4.79 Å². The van der Waals surface area contributed by atoms with Gasteiger partial charge in [0.1, 0.15) is 0 Å². The Morgan fingerprint density at radius 2 is 2.20 bits per heavy atom. The molecule has 3 rings (SSSR count). The third-order valence-corrected chi connectivity index (χ3v) is 4.67. The molecule has 1 aliphatic heterocycles. The number of carbonyl (C=O) groups is 1. The van der Waals surface area contributed by atoms with Gasteiger partial charge in [-0.15, -0.1) is 12.4 Å². The molecule has 0 saturated heterocycles. The minimum Gasteiger partial charge on any atom is -0.385 e. The molecule has 0 spiro atoms. The van der Waals surface area contributed by atoms with Crippen LogP contribution < -0.4 is 10.6 Å². The second-order valence-corrected chi connectivity index (χ2v) is 5.90. The van der Waals surface area contributed by atoms with Gasteiger partial charge in [-0.2, -0.15) is 0 Å². The normalized spacial score (nSPS) is 18.2. The Morgan fingerprint density at radius 1 is 1.40 bits per heavy atom. The summed E-state index contributed by atoms with van der Waals surface area (Å²) in [4.78, 5) is 12.4. The summed E-state index contributed by atoms with van der Waals surface area (Å²) in [5.41, 5.74) is 3.59. The largest absolute Gasteiger partial charge is 0.385 e. The first-order valence-electron chi connectivity index (χ1n) is 7.38. The zero-order chi connectivity index (χ0) is 13.3. The molecule has 110 valence electrons. The van der Waals surface area contributed by atoms with Crippen LogP contribution in [0.1, 0.15) is 48.5 Å². The number of benzene rings is 1. The van der Waals surface area contributed by atoms with Crippen molar-refractivity contribution in [2.45, 2.75) is 39.0 Å². The molecular weight excluding hydrogens is 272 g/mol. The number of rotatable bonds is 4. The van der Waals surface area contributed by atoms with Crippen molar-refractivity contribution in [3.05, 3.63) is 29.3 Å². The van der Waals surface area contributed by atoms with Gasteiger partial charge in [0.15, 0.2) is 0 Å². The molecule has 0 radical (unpaired) electrons. The molecule has 0 aromatic heterocycles. The highest BCUT2D eigenvalue weighted by atomic mass is 35.5. The molecule has 2 N–H and O–H groups in total. The van der Waals surface area contributed by atoms with Crippen LogP contribution in [0.2, 0.25) is 0 Å². The van der Waals surface area contributed by atoms with Crippen molar-refractivity contribution in [1.29, 1.82) is 0 Å². The van der Waals surface area contributed by atoms with Crippen LogP contribution in [-0.2, 0) is 6.42 Å². The average molecular weight is 295 g/mol. The number of amides is 1. The first-order chi connectivity index (χ1) is 9.24. The zero-order valence-electron chi connectivity index (χ0n) is 12.0. The van der Waals surface area contributed by atoms with E-state index in [1.165, 1.54) is 24.8 Å². The van der Waals surface area contributed by atoms with Crippen LogP contribution in [-0.4, -0.2) is 19.0 Å². The van der Waals surface area contributed by atoms with Crippen molar-refractivity contribution in [2.24, 2.45) is 5.41 Å². The van der Waals surface area contributed by atoms with Crippen LogP contribution in [0, 0.1) is 5.41 Å². The topological polar surface area (TPSA) is 41.1 Å². The van der Waals surface area contributed by atoms with Crippen LogP contribution in [0.5, 0.6) is 0 Å². The van der Waals surface area contributed by atoms with Crippen molar-refractivity contribution in [3.8, 4) is 0 Å². The molecule has 1 aromatic rings. The minimum absolute atomic E-state index is 0. The van der Waals surface area contributed by atoms with Crippen molar-refractivity contribution < 1.29 is 4.79 Å². The fourth-order valence-electron chi connectivity index (χ4n) is 2.92. The summed E-state index contributed by atoms with van der Waals surface area (Å²) in [5, 5.41) is 6.51. The van der Waals surface area contributed by atoms with Gasteiger partial charge in [0.05, 0.1) is 0 Å². The Kier molecular flexibility index (Phi) is 4.59. The van der Waals surface area contributed by atoms with E-state index in [0.717, 1.165) is 37.2 Å². The molecule has 3 nitrogen and oxygen atoms in total. The molecule has 1 saturated carbocycles. The Hall–Kier alpha value is -1.22. The maximum Gasteiger partial charge on any atom is 0.251 e. The van der Waals surface area contributed by atoms with Gasteiger partial charge >= 0.3 is 0 Å². The van der Waals surface area contributed by atoms with E-state index >= 15 is 0 Å². The Balaban J connectivity index is 0.00000147. The van der Waals surface area contributed by atoms with Gasteiger partial charge in [-0.05, 0) is 55.2 Å². The predicted octanol–water partition coefficient (Wildman–Crippen LogP) is 3.39. The number of carbonyl (C=O) groups excluding carboxylic acids is 1. The van der Waals surface area contributed by atoms with Gasteiger partial charge in [0.2, 0.25) is 0 Å². The summed E-state index contributed by atoms with van der Waals surface area (Å²) in [5.74, 6) is 0.0975. The van der Waals surface area contributed by atoms with Gasteiger partial charge in [-0.25, -0.2) is 0 Å². The fourth-order valence-corrected chi connectivity index (χ4v) is 2.92. The lowest BCUT2D eigenvalue weighted by atomic mass is 9.96. The smallest absolute Gasteiger partial charge is 0.251 e. The number of hydrogen-bond acceptors (Lipinski definition) is 2. The quantitative estimate of drug-likeness (QED) is 0.894. The van der Waals surface area contributed by atoms with Crippen molar-refractivity contribution in [3.63, 3.8) is 0 Å². The number of anilines is 1. The molecule has 20 heavy (non-hydrogen) atoms. The third kappa shape index (κ3) is 2.93. The average Bonchev–Trinajstić information content (AvgIpc) is 3.25. The highest BCUT2D eigenvalue weighted by Crippen LogP contribution is 2.47. The number of fused-ring (bicyclic) bond motifs is 1. The number of halogens is 1. The molecule has 0 atom stereocenters. The number of hydrogen-bond donors (Lipinski definition) is 2. The first kappa shape index (κ1) is 15.2. The fraction of sp³-hybridized carbons (Fsp3) is 0.562. The summed E-state index contributed by atoms with van der Waals surface area (Å²) in [6, 6.07) is 5.99. The van der Waals surface area contributed by atoms with E-state index in [1.807, 2.05) is 12.1 Å². The minimum atomic E-state index is 0. The molecule has 1 fully saturated rings. The third-order valence-electron chi connectivity index (χ3n) is 4.67. The maximum absolute atomic E-state index is 12.4. The molecule has 0 bridgehead atoms. The van der Waals surface area contributed by atoms with E-state index in [4.69, 9.17) is 0 Å². The van der Waals surface area contributed by atoms with Crippen LogP contribution in [0.25, 0.3) is 0 Å². The maximum atomic E-state index is 12.4. The van der Waals surface area contributed by atoms with Gasteiger partial charge < -0.3 is 10.6 Å². The Labute approximate surface area is 126 Å². The molecule has 1 amide bonds. The highest BCUT2D eigenvalue weighted by Gasteiger charge is 2.40. The molecule has 1 heterocycles. The molecular formula is C16H23ClN2O. The van der Waals surface area contributed by atoms with Crippen LogP contribution in [0.4, 0.5) is 5.69 Å². The van der Waals surface area contributed by atoms with E-state index < -0.39 is 0 Å². The molecule has 1 aromatic carbocycles. The summed E-state index contributed by atoms with van der Waals surface area (Å²) in [6.07, 6.45) is 5.80.